The van der Waals surface area contributed by atoms with Gasteiger partial charge in [0.2, 0.25) is 0 Å². The minimum absolute atomic E-state index is 0.120. The SMILES string of the molecule is COC(=O)C1=C(C)NC(C)=C(C(=O)OCCN2C(=O)c3ccccc3C2=O)C1c1cccc(C#N)c1. The number of carbonyl (C=O) groups is 4. The van der Waals surface area contributed by atoms with Crippen molar-refractivity contribution in [3.8, 4) is 6.07 Å². The van der Waals surface area contributed by atoms with Crippen LogP contribution in [0.15, 0.2) is 71.1 Å². The number of carbonyl (C=O) groups excluding carboxylic acids is 4. The molecule has 9 nitrogen and oxygen atoms in total. The summed E-state index contributed by atoms with van der Waals surface area (Å²) in [6, 6.07) is 15.2. The molecule has 0 aromatic heterocycles. The number of rotatable bonds is 6. The van der Waals surface area contributed by atoms with Crippen molar-refractivity contribution in [1.29, 1.82) is 5.26 Å². The lowest BCUT2D eigenvalue weighted by Crippen LogP contribution is -2.35. The van der Waals surface area contributed by atoms with Gasteiger partial charge >= 0.3 is 11.9 Å². The average Bonchev–Trinajstić information content (AvgIpc) is 3.12. The van der Waals surface area contributed by atoms with Crippen LogP contribution in [-0.2, 0) is 19.1 Å². The number of esters is 2. The van der Waals surface area contributed by atoms with E-state index in [9.17, 15) is 24.4 Å². The van der Waals surface area contributed by atoms with Crippen LogP contribution in [-0.4, -0.2) is 48.9 Å². The maximum atomic E-state index is 13.3. The number of nitriles is 1. The molecule has 0 bridgehead atoms. The van der Waals surface area contributed by atoms with Gasteiger partial charge in [-0.25, -0.2) is 9.59 Å². The number of benzene rings is 2. The summed E-state index contributed by atoms with van der Waals surface area (Å²) in [5.41, 5.74) is 2.89. The Morgan fingerprint density at radius 1 is 0.972 bits per heavy atom. The Hall–Kier alpha value is -4.71. The smallest absolute Gasteiger partial charge is 0.336 e. The van der Waals surface area contributed by atoms with Crippen LogP contribution in [0.3, 0.4) is 0 Å². The number of methoxy groups -OCH3 is 1. The predicted octanol–water partition coefficient (Wildman–Crippen LogP) is 2.81. The van der Waals surface area contributed by atoms with Crippen molar-refractivity contribution in [2.24, 2.45) is 0 Å². The van der Waals surface area contributed by atoms with Crippen LogP contribution in [0.2, 0.25) is 0 Å². The average molecular weight is 485 g/mol. The molecule has 1 unspecified atom stereocenters. The van der Waals surface area contributed by atoms with Crippen LogP contribution >= 0.6 is 0 Å². The second-order valence-corrected chi connectivity index (χ2v) is 8.31. The number of amides is 2. The van der Waals surface area contributed by atoms with Crippen molar-refractivity contribution < 1.29 is 28.7 Å². The van der Waals surface area contributed by atoms with E-state index in [1.165, 1.54) is 7.11 Å². The molecule has 2 aliphatic rings. The first kappa shape index (κ1) is 24.4. The lowest BCUT2D eigenvalue weighted by atomic mass is 9.80. The quantitative estimate of drug-likeness (QED) is 0.489. The maximum Gasteiger partial charge on any atom is 0.336 e. The number of imide groups is 1. The molecule has 4 rings (SSSR count). The molecule has 1 N–H and O–H groups in total. The van der Waals surface area contributed by atoms with Crippen LogP contribution in [0.4, 0.5) is 0 Å². The van der Waals surface area contributed by atoms with E-state index in [0.717, 1.165) is 4.90 Å². The van der Waals surface area contributed by atoms with Crippen molar-refractivity contribution in [1.82, 2.24) is 10.2 Å². The number of dihydropyridines is 1. The molecule has 0 fully saturated rings. The first-order chi connectivity index (χ1) is 17.3. The normalized spacial score (nSPS) is 16.9. The minimum atomic E-state index is -0.848. The summed E-state index contributed by atoms with van der Waals surface area (Å²) in [6.45, 7) is 3.02. The summed E-state index contributed by atoms with van der Waals surface area (Å²) in [7, 11) is 1.25. The molecule has 0 saturated carbocycles. The van der Waals surface area contributed by atoms with Gasteiger partial charge in [0, 0.05) is 11.4 Å². The Kier molecular flexibility index (Phi) is 6.70. The van der Waals surface area contributed by atoms with Crippen LogP contribution in [0.25, 0.3) is 0 Å². The fraction of sp³-hybridized carbons (Fsp3) is 0.222. The highest BCUT2D eigenvalue weighted by Crippen LogP contribution is 2.39. The highest BCUT2D eigenvalue weighted by molar-refractivity contribution is 6.21. The summed E-state index contributed by atoms with van der Waals surface area (Å²) in [5, 5.41) is 12.4. The zero-order chi connectivity index (χ0) is 26.0. The van der Waals surface area contributed by atoms with Crippen molar-refractivity contribution in [2.75, 3.05) is 20.3 Å². The molecule has 2 aromatic carbocycles. The number of hydrogen-bond acceptors (Lipinski definition) is 8. The predicted molar refractivity (Wildman–Crippen MR) is 127 cm³/mol. The zero-order valence-electron chi connectivity index (χ0n) is 20.0. The van der Waals surface area contributed by atoms with Crippen LogP contribution in [0, 0.1) is 11.3 Å². The summed E-state index contributed by atoms with van der Waals surface area (Å²) < 4.78 is 10.5. The third-order valence-electron chi connectivity index (χ3n) is 6.16. The zero-order valence-corrected chi connectivity index (χ0v) is 20.0. The van der Waals surface area contributed by atoms with E-state index in [1.54, 1.807) is 62.4 Å². The molecule has 2 aromatic rings. The van der Waals surface area contributed by atoms with Gasteiger partial charge in [0.15, 0.2) is 0 Å². The molecule has 2 heterocycles. The van der Waals surface area contributed by atoms with Crippen molar-refractivity contribution in [3.05, 3.63) is 93.3 Å². The van der Waals surface area contributed by atoms with Gasteiger partial charge in [-0.3, -0.25) is 14.5 Å². The molecule has 182 valence electrons. The summed E-state index contributed by atoms with van der Waals surface area (Å²) >= 11 is 0. The maximum absolute atomic E-state index is 13.3. The molecular weight excluding hydrogens is 462 g/mol. The number of hydrogen-bond donors (Lipinski definition) is 1. The molecule has 0 spiro atoms. The summed E-state index contributed by atoms with van der Waals surface area (Å²) in [5.74, 6) is -3.09. The third-order valence-corrected chi connectivity index (χ3v) is 6.16. The molecule has 2 aliphatic heterocycles. The van der Waals surface area contributed by atoms with E-state index in [0.29, 0.717) is 33.6 Å². The number of nitrogens with zero attached hydrogens (tertiary/aromatic N) is 2. The lowest BCUT2D eigenvalue weighted by molar-refractivity contribution is -0.139. The first-order valence-electron chi connectivity index (χ1n) is 11.2. The van der Waals surface area contributed by atoms with E-state index < -0.39 is 29.7 Å². The lowest BCUT2D eigenvalue weighted by Gasteiger charge is -2.30. The van der Waals surface area contributed by atoms with E-state index in [4.69, 9.17) is 9.47 Å². The fourth-order valence-corrected chi connectivity index (χ4v) is 4.52. The van der Waals surface area contributed by atoms with Gasteiger partial charge < -0.3 is 14.8 Å². The Labute approximate surface area is 207 Å². The van der Waals surface area contributed by atoms with Crippen molar-refractivity contribution >= 4 is 23.8 Å². The molecule has 0 aliphatic carbocycles. The fourth-order valence-electron chi connectivity index (χ4n) is 4.52. The molecule has 1 atom stereocenters. The van der Waals surface area contributed by atoms with Gasteiger partial charge in [0.25, 0.3) is 11.8 Å². The Morgan fingerprint density at radius 2 is 1.58 bits per heavy atom. The Bertz CT molecular complexity index is 1360. The Morgan fingerprint density at radius 3 is 2.17 bits per heavy atom. The number of fused-ring (bicyclic) bond motifs is 1. The minimum Gasteiger partial charge on any atom is -0.466 e. The van der Waals surface area contributed by atoms with Crippen molar-refractivity contribution in [2.45, 2.75) is 19.8 Å². The van der Waals surface area contributed by atoms with Crippen LogP contribution in [0.5, 0.6) is 0 Å². The van der Waals surface area contributed by atoms with Gasteiger partial charge in [-0.05, 0) is 43.7 Å². The van der Waals surface area contributed by atoms with Gasteiger partial charge in [0.1, 0.15) is 6.61 Å². The topological polar surface area (TPSA) is 126 Å². The highest BCUT2D eigenvalue weighted by Gasteiger charge is 2.39. The first-order valence-corrected chi connectivity index (χ1v) is 11.2. The van der Waals surface area contributed by atoms with Gasteiger partial charge in [-0.2, -0.15) is 5.26 Å². The molecule has 36 heavy (non-hydrogen) atoms. The van der Waals surface area contributed by atoms with E-state index in [2.05, 4.69) is 11.4 Å². The second kappa shape index (κ2) is 9.88. The molecule has 0 saturated heterocycles. The second-order valence-electron chi connectivity index (χ2n) is 8.31. The van der Waals surface area contributed by atoms with Gasteiger partial charge in [0.05, 0.1) is 53.5 Å². The Balaban J connectivity index is 1.59. The van der Waals surface area contributed by atoms with E-state index in [1.807, 2.05) is 0 Å². The van der Waals surface area contributed by atoms with Gasteiger partial charge in [-0.15, -0.1) is 0 Å². The monoisotopic (exact) mass is 485 g/mol. The summed E-state index contributed by atoms with van der Waals surface area (Å²) in [4.78, 5) is 52.2. The largest absolute Gasteiger partial charge is 0.466 e. The van der Waals surface area contributed by atoms with Crippen LogP contribution < -0.4 is 5.32 Å². The van der Waals surface area contributed by atoms with Crippen LogP contribution in [0.1, 0.15) is 51.6 Å². The van der Waals surface area contributed by atoms with E-state index in [-0.39, 0.29) is 24.3 Å². The molecular formula is C27H23N3O6. The molecule has 2 amide bonds. The molecule has 9 heteroatoms. The van der Waals surface area contributed by atoms with Gasteiger partial charge in [-0.1, -0.05) is 24.3 Å². The number of ether oxygens (including phenoxy) is 2. The molecule has 0 radical (unpaired) electrons. The van der Waals surface area contributed by atoms with Crippen molar-refractivity contribution in [3.63, 3.8) is 0 Å². The number of nitrogens with one attached hydrogen (secondary N) is 1. The summed E-state index contributed by atoms with van der Waals surface area (Å²) in [6.07, 6.45) is 0. The third kappa shape index (κ3) is 4.25. The standard InChI is InChI=1S/C27H23N3O6/c1-15-21(26(33)35-3)23(18-8-6-7-17(13-18)14-28)22(16(2)29-15)27(34)36-12-11-30-24(31)19-9-4-5-10-20(19)25(30)32/h4-10,13,23,29H,11-12H2,1-3H3. The van der Waals surface area contributed by atoms with E-state index >= 15 is 0 Å². The highest BCUT2D eigenvalue weighted by atomic mass is 16.5. The number of allylic oxidation sites excluding steroid dienone is 2.